The summed E-state index contributed by atoms with van der Waals surface area (Å²) in [6.07, 6.45) is 0.761. The Kier molecular flexibility index (Phi) is 5.80. The molecule has 8 heteroatoms. The lowest BCUT2D eigenvalue weighted by Gasteiger charge is -2.23. The molecule has 0 unspecified atom stereocenters. The second-order valence-corrected chi connectivity index (χ2v) is 9.05. The topological polar surface area (TPSA) is 97.0 Å². The van der Waals surface area contributed by atoms with Gasteiger partial charge in [0.05, 0.1) is 19.3 Å². The number of carbonyl (C=O) groups is 3. The third-order valence-electron chi connectivity index (χ3n) is 6.55. The molecule has 5 rings (SSSR count). The predicted octanol–water partition coefficient (Wildman–Crippen LogP) is 3.65. The molecule has 1 saturated heterocycles. The molecule has 2 aliphatic rings. The number of nitrogens with one attached hydrogen (secondary N) is 2. The van der Waals surface area contributed by atoms with E-state index in [4.69, 9.17) is 9.47 Å². The lowest BCUT2D eigenvalue weighted by Crippen LogP contribution is -2.43. The summed E-state index contributed by atoms with van der Waals surface area (Å²) in [4.78, 5) is 39.8. The Morgan fingerprint density at radius 3 is 2.57 bits per heavy atom. The molecule has 1 fully saturated rings. The van der Waals surface area contributed by atoms with Gasteiger partial charge in [0.2, 0.25) is 5.91 Å². The van der Waals surface area contributed by atoms with Gasteiger partial charge in [-0.3, -0.25) is 14.5 Å². The lowest BCUT2D eigenvalue weighted by molar-refractivity contribution is -0.135. The van der Waals surface area contributed by atoms with E-state index >= 15 is 0 Å². The second-order valence-electron chi connectivity index (χ2n) is 9.05. The van der Waals surface area contributed by atoms with E-state index in [0.717, 1.165) is 27.7 Å². The van der Waals surface area contributed by atoms with Gasteiger partial charge in [-0.2, -0.15) is 0 Å². The van der Waals surface area contributed by atoms with Crippen molar-refractivity contribution in [3.63, 3.8) is 0 Å². The molecule has 8 nitrogen and oxygen atoms in total. The van der Waals surface area contributed by atoms with E-state index < -0.39 is 23.4 Å². The van der Waals surface area contributed by atoms with Crippen LogP contribution in [0.25, 0.3) is 10.8 Å². The Morgan fingerprint density at radius 1 is 1.03 bits per heavy atom. The normalized spacial score (nSPS) is 20.3. The number of urea groups is 1. The standard InChI is InChI=1S/C27H27N3O5/c1-17(19-9-8-18-6-3-4-7-20(18)14-19)28-24(31)16-30-25(32)27(2,29-26(30)33)21-10-11-22-23(15-21)35-13-5-12-34-22/h3-4,6-11,14-15,17H,5,12-13,16H2,1-2H3,(H,28,31)(H,29,33)/t17-,27+/m0/s1. The maximum atomic E-state index is 13.3. The number of carbonyl (C=O) groups excluding carboxylic acids is 3. The van der Waals surface area contributed by atoms with Gasteiger partial charge in [0, 0.05) is 6.42 Å². The highest BCUT2D eigenvalue weighted by molar-refractivity contribution is 6.09. The minimum Gasteiger partial charge on any atom is -0.490 e. The summed E-state index contributed by atoms with van der Waals surface area (Å²) in [5.41, 5.74) is 0.185. The molecular formula is C27H27N3O5. The smallest absolute Gasteiger partial charge is 0.325 e. The fraction of sp³-hybridized carbons (Fsp3) is 0.296. The molecule has 3 aromatic carbocycles. The van der Waals surface area contributed by atoms with Gasteiger partial charge in [-0.25, -0.2) is 4.79 Å². The van der Waals surface area contributed by atoms with Crippen molar-refractivity contribution in [3.8, 4) is 11.5 Å². The molecule has 180 valence electrons. The Hall–Kier alpha value is -4.07. The molecule has 0 bridgehead atoms. The Balaban J connectivity index is 1.29. The zero-order valence-electron chi connectivity index (χ0n) is 19.7. The Bertz CT molecular complexity index is 1320. The fourth-order valence-corrected chi connectivity index (χ4v) is 4.50. The zero-order chi connectivity index (χ0) is 24.6. The molecule has 0 aromatic heterocycles. The first kappa shape index (κ1) is 22.7. The second kappa shape index (κ2) is 8.94. The van der Waals surface area contributed by atoms with E-state index in [2.05, 4.69) is 10.6 Å². The molecule has 2 N–H and O–H groups in total. The van der Waals surface area contributed by atoms with E-state index in [1.165, 1.54) is 0 Å². The highest BCUT2D eigenvalue weighted by atomic mass is 16.5. The average Bonchev–Trinajstić information content (AvgIpc) is 3.01. The van der Waals surface area contributed by atoms with E-state index in [-0.39, 0.29) is 12.6 Å². The van der Waals surface area contributed by atoms with Gasteiger partial charge >= 0.3 is 6.03 Å². The molecule has 0 saturated carbocycles. The number of amides is 4. The van der Waals surface area contributed by atoms with Gasteiger partial charge in [0.25, 0.3) is 5.91 Å². The van der Waals surface area contributed by atoms with Crippen molar-refractivity contribution in [2.45, 2.75) is 31.8 Å². The van der Waals surface area contributed by atoms with Crippen LogP contribution >= 0.6 is 0 Å². The molecular weight excluding hydrogens is 446 g/mol. The number of hydrogen-bond acceptors (Lipinski definition) is 5. The van der Waals surface area contributed by atoms with Crippen molar-refractivity contribution in [2.75, 3.05) is 19.8 Å². The van der Waals surface area contributed by atoms with Gasteiger partial charge in [0.1, 0.15) is 12.1 Å². The van der Waals surface area contributed by atoms with Crippen LogP contribution in [0.2, 0.25) is 0 Å². The van der Waals surface area contributed by atoms with Gasteiger partial charge < -0.3 is 20.1 Å². The molecule has 2 heterocycles. The molecule has 3 aromatic rings. The number of hydrogen-bond donors (Lipinski definition) is 2. The number of rotatable bonds is 5. The number of ether oxygens (including phenoxy) is 2. The van der Waals surface area contributed by atoms with Gasteiger partial charge in [-0.1, -0.05) is 42.5 Å². The van der Waals surface area contributed by atoms with Crippen LogP contribution < -0.4 is 20.1 Å². The van der Waals surface area contributed by atoms with E-state index in [9.17, 15) is 14.4 Å². The van der Waals surface area contributed by atoms with E-state index in [1.54, 1.807) is 25.1 Å². The highest BCUT2D eigenvalue weighted by Crippen LogP contribution is 2.36. The van der Waals surface area contributed by atoms with Gasteiger partial charge in [-0.05, 0) is 53.9 Å². The SMILES string of the molecule is C[C@H](NC(=O)CN1C(=O)N[C@](C)(c2ccc3c(c2)OCCCO3)C1=O)c1ccc2ccccc2c1. The third kappa shape index (κ3) is 4.27. The van der Waals surface area contributed by atoms with Crippen molar-refractivity contribution >= 4 is 28.6 Å². The Morgan fingerprint density at radius 2 is 1.77 bits per heavy atom. The van der Waals surface area contributed by atoms with Crippen LogP contribution in [0, 0.1) is 0 Å². The molecule has 4 amide bonds. The van der Waals surface area contributed by atoms with Crippen LogP contribution in [-0.4, -0.2) is 42.5 Å². The summed E-state index contributed by atoms with van der Waals surface area (Å²) in [5, 5.41) is 7.82. The first-order valence-electron chi connectivity index (χ1n) is 11.7. The van der Waals surface area contributed by atoms with Crippen molar-refractivity contribution in [3.05, 3.63) is 71.8 Å². The number of imide groups is 1. The summed E-state index contributed by atoms with van der Waals surface area (Å²) in [6, 6.07) is 18.3. The average molecular weight is 474 g/mol. The van der Waals surface area contributed by atoms with E-state index in [0.29, 0.717) is 30.3 Å². The number of benzene rings is 3. The van der Waals surface area contributed by atoms with Crippen molar-refractivity contribution in [1.82, 2.24) is 15.5 Å². The number of fused-ring (bicyclic) bond motifs is 2. The molecule has 35 heavy (non-hydrogen) atoms. The summed E-state index contributed by atoms with van der Waals surface area (Å²) in [5.74, 6) is 0.219. The monoisotopic (exact) mass is 473 g/mol. The van der Waals surface area contributed by atoms with Crippen molar-refractivity contribution in [1.29, 1.82) is 0 Å². The minimum atomic E-state index is -1.31. The summed E-state index contributed by atoms with van der Waals surface area (Å²) in [7, 11) is 0. The van der Waals surface area contributed by atoms with Crippen molar-refractivity contribution < 1.29 is 23.9 Å². The summed E-state index contributed by atoms with van der Waals surface area (Å²) >= 11 is 0. The molecule has 2 aliphatic heterocycles. The van der Waals surface area contributed by atoms with Crippen LogP contribution in [0.3, 0.4) is 0 Å². The maximum absolute atomic E-state index is 13.3. The molecule has 0 aliphatic carbocycles. The minimum absolute atomic E-state index is 0.291. The summed E-state index contributed by atoms with van der Waals surface area (Å²) in [6.45, 7) is 4.19. The van der Waals surface area contributed by atoms with Crippen LogP contribution in [0.1, 0.15) is 37.4 Å². The quantitative estimate of drug-likeness (QED) is 0.552. The maximum Gasteiger partial charge on any atom is 0.325 e. The highest BCUT2D eigenvalue weighted by Gasteiger charge is 2.49. The summed E-state index contributed by atoms with van der Waals surface area (Å²) < 4.78 is 11.4. The molecule has 0 spiro atoms. The Labute approximate surface area is 203 Å². The molecule has 0 radical (unpaired) electrons. The van der Waals surface area contributed by atoms with Crippen LogP contribution in [-0.2, 0) is 15.1 Å². The van der Waals surface area contributed by atoms with Gasteiger partial charge in [-0.15, -0.1) is 0 Å². The lowest BCUT2D eigenvalue weighted by atomic mass is 9.91. The largest absolute Gasteiger partial charge is 0.490 e. The fourth-order valence-electron chi connectivity index (χ4n) is 4.50. The third-order valence-corrected chi connectivity index (χ3v) is 6.55. The first-order chi connectivity index (χ1) is 16.8. The zero-order valence-corrected chi connectivity index (χ0v) is 19.7. The van der Waals surface area contributed by atoms with E-state index in [1.807, 2.05) is 49.4 Å². The van der Waals surface area contributed by atoms with Crippen LogP contribution in [0.4, 0.5) is 4.79 Å². The van der Waals surface area contributed by atoms with Crippen LogP contribution in [0.15, 0.2) is 60.7 Å². The predicted molar refractivity (Wildman–Crippen MR) is 130 cm³/mol. The van der Waals surface area contributed by atoms with Gasteiger partial charge in [0.15, 0.2) is 11.5 Å². The first-order valence-corrected chi connectivity index (χ1v) is 11.7. The molecule has 2 atom stereocenters. The van der Waals surface area contributed by atoms with Crippen molar-refractivity contribution in [2.24, 2.45) is 0 Å². The van der Waals surface area contributed by atoms with Crippen LogP contribution in [0.5, 0.6) is 11.5 Å². The number of nitrogens with zero attached hydrogens (tertiary/aromatic N) is 1.